The fourth-order valence-electron chi connectivity index (χ4n) is 3.70. The zero-order valence-corrected chi connectivity index (χ0v) is 11.1. The molecule has 19 heavy (non-hydrogen) atoms. The molecule has 0 spiro atoms. The number of ether oxygens (including phenoxy) is 1. The second-order valence-corrected chi connectivity index (χ2v) is 5.70. The maximum atomic E-state index is 11.6. The van der Waals surface area contributed by atoms with Crippen LogP contribution in [0.25, 0.3) is 0 Å². The van der Waals surface area contributed by atoms with Crippen molar-refractivity contribution in [3.05, 3.63) is 46.9 Å². The number of carbonyl (C=O) groups is 1. The minimum Gasteiger partial charge on any atom is -0.430 e. The minimum atomic E-state index is -0.0770. The third kappa shape index (κ3) is 1.47. The molecule has 3 heterocycles. The first-order valence-corrected chi connectivity index (χ1v) is 7.03. The highest BCUT2D eigenvalue weighted by atomic mass is 16.5. The lowest BCUT2D eigenvalue weighted by Gasteiger charge is -2.43. The van der Waals surface area contributed by atoms with Crippen LogP contribution in [0.5, 0.6) is 0 Å². The fraction of sp³-hybridized carbons (Fsp3) is 0.438. The lowest BCUT2D eigenvalue weighted by Crippen LogP contribution is -2.38. The summed E-state index contributed by atoms with van der Waals surface area (Å²) in [5.41, 5.74) is 3.84. The third-order valence-corrected chi connectivity index (χ3v) is 4.66. The number of fused-ring (bicyclic) bond motifs is 1. The van der Waals surface area contributed by atoms with Gasteiger partial charge in [-0.05, 0) is 17.9 Å². The standard InChI is InChI=1S/C16H17NO2/c1-10-11-4-2-8-17-9-3-5-13(15(11)17)16-12(10)6-7-14(18)19-16/h2-5,10,12H,6-9H2,1H3. The van der Waals surface area contributed by atoms with Gasteiger partial charge >= 0.3 is 5.97 Å². The predicted octanol–water partition coefficient (Wildman–Crippen LogP) is 2.54. The average molecular weight is 255 g/mol. The van der Waals surface area contributed by atoms with Gasteiger partial charge in [0.25, 0.3) is 0 Å². The summed E-state index contributed by atoms with van der Waals surface area (Å²) < 4.78 is 5.60. The molecule has 4 aliphatic rings. The van der Waals surface area contributed by atoms with E-state index in [9.17, 15) is 4.79 Å². The molecule has 2 unspecified atom stereocenters. The lowest BCUT2D eigenvalue weighted by molar-refractivity contribution is -0.144. The summed E-state index contributed by atoms with van der Waals surface area (Å²) in [4.78, 5) is 14.0. The summed E-state index contributed by atoms with van der Waals surface area (Å²) in [5, 5.41) is 0. The van der Waals surface area contributed by atoms with Crippen LogP contribution < -0.4 is 0 Å². The Labute approximate surface area is 112 Å². The summed E-state index contributed by atoms with van der Waals surface area (Å²) >= 11 is 0. The Hall–Kier alpha value is -1.77. The normalized spacial score (nSPS) is 32.3. The quantitative estimate of drug-likeness (QED) is 0.623. The van der Waals surface area contributed by atoms with Crippen molar-refractivity contribution < 1.29 is 9.53 Å². The summed E-state index contributed by atoms with van der Waals surface area (Å²) in [6.45, 7) is 4.16. The smallest absolute Gasteiger partial charge is 0.310 e. The van der Waals surface area contributed by atoms with Crippen LogP contribution in [0, 0.1) is 11.8 Å². The van der Waals surface area contributed by atoms with Crippen LogP contribution in [-0.2, 0) is 9.53 Å². The van der Waals surface area contributed by atoms with Crippen LogP contribution >= 0.6 is 0 Å². The van der Waals surface area contributed by atoms with E-state index in [-0.39, 0.29) is 5.97 Å². The Balaban J connectivity index is 1.93. The van der Waals surface area contributed by atoms with Crippen LogP contribution in [0.15, 0.2) is 46.9 Å². The molecule has 3 heteroatoms. The van der Waals surface area contributed by atoms with Crippen molar-refractivity contribution in [2.45, 2.75) is 19.8 Å². The molecular formula is C16H17NO2. The highest BCUT2D eigenvalue weighted by Gasteiger charge is 2.41. The highest BCUT2D eigenvalue weighted by molar-refractivity contribution is 5.73. The Morgan fingerprint density at radius 2 is 2.05 bits per heavy atom. The highest BCUT2D eigenvalue weighted by Crippen LogP contribution is 2.47. The van der Waals surface area contributed by atoms with E-state index >= 15 is 0 Å². The molecule has 0 N–H and O–H groups in total. The molecule has 1 saturated heterocycles. The Morgan fingerprint density at radius 3 is 2.89 bits per heavy atom. The molecule has 0 aromatic rings. The van der Waals surface area contributed by atoms with Crippen LogP contribution in [-0.4, -0.2) is 24.0 Å². The van der Waals surface area contributed by atoms with Gasteiger partial charge < -0.3 is 9.64 Å². The summed E-state index contributed by atoms with van der Waals surface area (Å²) in [6.07, 6.45) is 10.3. The van der Waals surface area contributed by atoms with E-state index in [1.807, 2.05) is 0 Å². The van der Waals surface area contributed by atoms with E-state index in [2.05, 4.69) is 36.1 Å². The maximum absolute atomic E-state index is 11.6. The van der Waals surface area contributed by atoms with Gasteiger partial charge in [0.15, 0.2) is 0 Å². The maximum Gasteiger partial charge on any atom is 0.310 e. The predicted molar refractivity (Wildman–Crippen MR) is 71.9 cm³/mol. The SMILES string of the molecule is CC1C2=C3C(=C4OC(=O)CCC41)C=CCN3CC=C2. The van der Waals surface area contributed by atoms with Crippen molar-refractivity contribution in [3.63, 3.8) is 0 Å². The van der Waals surface area contributed by atoms with Crippen molar-refractivity contribution in [3.8, 4) is 0 Å². The molecule has 2 atom stereocenters. The molecule has 1 aliphatic carbocycles. The topological polar surface area (TPSA) is 29.5 Å². The molecule has 0 aromatic heterocycles. The van der Waals surface area contributed by atoms with Gasteiger partial charge in [-0.25, -0.2) is 0 Å². The summed E-state index contributed by atoms with van der Waals surface area (Å²) in [7, 11) is 0. The first-order valence-electron chi connectivity index (χ1n) is 7.03. The van der Waals surface area contributed by atoms with Gasteiger partial charge in [0.05, 0.1) is 5.70 Å². The average Bonchev–Trinajstić information content (AvgIpc) is 2.44. The Morgan fingerprint density at radius 1 is 1.26 bits per heavy atom. The molecule has 0 amide bonds. The van der Waals surface area contributed by atoms with Crippen LogP contribution in [0.4, 0.5) is 0 Å². The molecule has 4 rings (SSSR count). The molecule has 0 aromatic carbocycles. The molecular weight excluding hydrogens is 238 g/mol. The number of hydrogen-bond acceptors (Lipinski definition) is 3. The van der Waals surface area contributed by atoms with E-state index < -0.39 is 0 Å². The second-order valence-electron chi connectivity index (χ2n) is 5.70. The first kappa shape index (κ1) is 11.1. The number of carbonyl (C=O) groups excluding carboxylic acids is 1. The van der Waals surface area contributed by atoms with Crippen LogP contribution in [0.3, 0.4) is 0 Å². The van der Waals surface area contributed by atoms with E-state index in [1.54, 1.807) is 0 Å². The molecule has 98 valence electrons. The summed E-state index contributed by atoms with van der Waals surface area (Å²) in [6, 6.07) is 0. The van der Waals surface area contributed by atoms with Crippen LogP contribution in [0.2, 0.25) is 0 Å². The van der Waals surface area contributed by atoms with Gasteiger partial charge in [0, 0.05) is 31.0 Å². The van der Waals surface area contributed by atoms with E-state index in [1.165, 1.54) is 11.3 Å². The number of nitrogens with zero attached hydrogens (tertiary/aromatic N) is 1. The van der Waals surface area contributed by atoms with Gasteiger partial charge in [0.1, 0.15) is 5.76 Å². The van der Waals surface area contributed by atoms with Crippen molar-refractivity contribution in [1.29, 1.82) is 0 Å². The number of esters is 1. The molecule has 1 fully saturated rings. The van der Waals surface area contributed by atoms with Crippen molar-refractivity contribution in [1.82, 2.24) is 4.90 Å². The molecule has 3 aliphatic heterocycles. The largest absolute Gasteiger partial charge is 0.430 e. The monoisotopic (exact) mass is 255 g/mol. The van der Waals surface area contributed by atoms with E-state index in [0.717, 1.165) is 30.8 Å². The van der Waals surface area contributed by atoms with Crippen LogP contribution in [0.1, 0.15) is 19.8 Å². The zero-order chi connectivity index (χ0) is 13.0. The van der Waals surface area contributed by atoms with Crippen molar-refractivity contribution >= 4 is 5.97 Å². The Kier molecular flexibility index (Phi) is 2.25. The summed E-state index contributed by atoms with van der Waals surface area (Å²) in [5.74, 6) is 1.64. The molecule has 3 nitrogen and oxygen atoms in total. The number of rotatable bonds is 0. The molecule has 0 radical (unpaired) electrons. The minimum absolute atomic E-state index is 0.0770. The second kappa shape index (κ2) is 3.86. The zero-order valence-electron chi connectivity index (χ0n) is 11.1. The van der Waals surface area contributed by atoms with Gasteiger partial charge in [-0.15, -0.1) is 0 Å². The van der Waals surface area contributed by atoms with Crippen molar-refractivity contribution in [2.24, 2.45) is 11.8 Å². The van der Waals surface area contributed by atoms with Gasteiger partial charge in [-0.2, -0.15) is 0 Å². The van der Waals surface area contributed by atoms with Crippen molar-refractivity contribution in [2.75, 3.05) is 13.1 Å². The van der Waals surface area contributed by atoms with Gasteiger partial charge in [0.2, 0.25) is 0 Å². The Bertz CT molecular complexity index is 580. The molecule has 0 saturated carbocycles. The lowest BCUT2D eigenvalue weighted by atomic mass is 9.73. The molecule has 0 bridgehead atoms. The fourth-order valence-corrected chi connectivity index (χ4v) is 3.70. The third-order valence-electron chi connectivity index (χ3n) is 4.66. The van der Waals surface area contributed by atoms with E-state index in [0.29, 0.717) is 18.3 Å². The first-order chi connectivity index (χ1) is 9.25. The van der Waals surface area contributed by atoms with Gasteiger partial charge in [-0.3, -0.25) is 4.79 Å². The van der Waals surface area contributed by atoms with Gasteiger partial charge in [-0.1, -0.05) is 31.2 Å². The number of allylic oxidation sites excluding steroid dienone is 4. The van der Waals surface area contributed by atoms with E-state index in [4.69, 9.17) is 4.74 Å². The number of hydrogen-bond donors (Lipinski definition) is 0.